The van der Waals surface area contributed by atoms with Gasteiger partial charge in [-0.2, -0.15) is 0 Å². The summed E-state index contributed by atoms with van der Waals surface area (Å²) in [4.78, 5) is 13.3. The summed E-state index contributed by atoms with van der Waals surface area (Å²) in [6, 6.07) is 15.5. The first-order valence-corrected chi connectivity index (χ1v) is 9.12. The molecule has 0 bridgehead atoms. The minimum absolute atomic E-state index is 0.00138. The van der Waals surface area contributed by atoms with Crippen molar-refractivity contribution in [1.82, 2.24) is 0 Å². The Labute approximate surface area is 153 Å². The lowest BCUT2D eigenvalue weighted by Gasteiger charge is -2.36. The fourth-order valence-corrected chi connectivity index (χ4v) is 3.62. The predicted molar refractivity (Wildman–Crippen MR) is 98.9 cm³/mol. The van der Waals surface area contributed by atoms with E-state index < -0.39 is 5.41 Å². The lowest BCUT2D eigenvalue weighted by molar-refractivity contribution is -0.125. The molecule has 2 aromatic carbocycles. The van der Waals surface area contributed by atoms with Crippen LogP contribution in [-0.4, -0.2) is 32.3 Å². The van der Waals surface area contributed by atoms with Gasteiger partial charge in [-0.25, -0.2) is 0 Å². The van der Waals surface area contributed by atoms with E-state index in [1.165, 1.54) is 0 Å². The zero-order chi connectivity index (χ0) is 17.8. The zero-order valence-corrected chi connectivity index (χ0v) is 14.7. The molecule has 26 heavy (non-hydrogen) atoms. The van der Waals surface area contributed by atoms with Crippen LogP contribution >= 0.6 is 0 Å². The quantitative estimate of drug-likeness (QED) is 0.917. The number of hydrogen-bond donors (Lipinski definition) is 1. The van der Waals surface area contributed by atoms with Crippen molar-refractivity contribution in [3.63, 3.8) is 0 Å². The van der Waals surface area contributed by atoms with Crippen molar-refractivity contribution in [3.05, 3.63) is 54.1 Å². The minimum atomic E-state index is -0.566. The maximum absolute atomic E-state index is 13.3. The van der Waals surface area contributed by atoms with E-state index in [0.717, 1.165) is 23.4 Å². The standard InChI is InChI=1S/C21H23NO4/c23-20(21(9-13-24-14-10-21)16-5-2-1-3-6-16)22-17-7-8-18-19(15-17)26-12-4-11-25-18/h1-3,5-8,15H,4,9-14H2,(H,22,23). The Morgan fingerprint density at radius 3 is 2.38 bits per heavy atom. The van der Waals surface area contributed by atoms with Gasteiger partial charge in [0.25, 0.3) is 0 Å². The molecule has 2 aliphatic rings. The molecular formula is C21H23NO4. The van der Waals surface area contributed by atoms with E-state index in [2.05, 4.69) is 5.32 Å². The molecule has 5 heteroatoms. The summed E-state index contributed by atoms with van der Waals surface area (Å²) in [6.07, 6.45) is 2.20. The highest BCUT2D eigenvalue weighted by Crippen LogP contribution is 2.37. The molecule has 0 radical (unpaired) electrons. The first-order chi connectivity index (χ1) is 12.8. The summed E-state index contributed by atoms with van der Waals surface area (Å²) in [7, 11) is 0. The van der Waals surface area contributed by atoms with Crippen molar-refractivity contribution >= 4 is 11.6 Å². The third kappa shape index (κ3) is 3.27. The number of amides is 1. The van der Waals surface area contributed by atoms with Gasteiger partial charge in [0, 0.05) is 31.4 Å². The fraction of sp³-hybridized carbons (Fsp3) is 0.381. The Balaban J connectivity index is 1.60. The molecule has 0 aliphatic carbocycles. The van der Waals surface area contributed by atoms with Gasteiger partial charge in [0.15, 0.2) is 11.5 Å². The van der Waals surface area contributed by atoms with E-state index in [-0.39, 0.29) is 5.91 Å². The van der Waals surface area contributed by atoms with Gasteiger partial charge in [-0.3, -0.25) is 4.79 Å². The van der Waals surface area contributed by atoms with Gasteiger partial charge in [0.2, 0.25) is 5.91 Å². The predicted octanol–water partition coefficient (Wildman–Crippen LogP) is 3.53. The first kappa shape index (κ1) is 16.9. The van der Waals surface area contributed by atoms with Crippen LogP contribution in [0.5, 0.6) is 11.5 Å². The number of hydrogen-bond acceptors (Lipinski definition) is 4. The van der Waals surface area contributed by atoms with Crippen LogP contribution in [0.25, 0.3) is 0 Å². The summed E-state index contributed by atoms with van der Waals surface area (Å²) >= 11 is 0. The highest BCUT2D eigenvalue weighted by atomic mass is 16.5. The lowest BCUT2D eigenvalue weighted by Crippen LogP contribution is -2.44. The Kier molecular flexibility index (Phi) is 4.80. The molecule has 1 N–H and O–H groups in total. The van der Waals surface area contributed by atoms with E-state index in [9.17, 15) is 4.79 Å². The van der Waals surface area contributed by atoms with Crippen LogP contribution in [0.15, 0.2) is 48.5 Å². The number of fused-ring (bicyclic) bond motifs is 1. The van der Waals surface area contributed by atoms with Crippen molar-refractivity contribution in [1.29, 1.82) is 0 Å². The monoisotopic (exact) mass is 353 g/mol. The van der Waals surface area contributed by atoms with E-state index in [4.69, 9.17) is 14.2 Å². The van der Waals surface area contributed by atoms with E-state index in [1.54, 1.807) is 0 Å². The van der Waals surface area contributed by atoms with Crippen LogP contribution in [0.3, 0.4) is 0 Å². The summed E-state index contributed by atoms with van der Waals surface area (Å²) in [5, 5.41) is 3.09. The number of benzene rings is 2. The highest BCUT2D eigenvalue weighted by Gasteiger charge is 2.41. The van der Waals surface area contributed by atoms with Gasteiger partial charge in [-0.05, 0) is 30.5 Å². The molecular weight excluding hydrogens is 330 g/mol. The average Bonchev–Trinajstić information content (AvgIpc) is 2.94. The molecule has 0 saturated carbocycles. The Morgan fingerprint density at radius 2 is 1.62 bits per heavy atom. The normalized spacial score (nSPS) is 18.6. The van der Waals surface area contributed by atoms with Crippen LogP contribution in [0.4, 0.5) is 5.69 Å². The largest absolute Gasteiger partial charge is 0.490 e. The second kappa shape index (κ2) is 7.38. The lowest BCUT2D eigenvalue weighted by atomic mass is 9.73. The van der Waals surface area contributed by atoms with Crippen molar-refractivity contribution < 1.29 is 19.0 Å². The zero-order valence-electron chi connectivity index (χ0n) is 14.7. The van der Waals surface area contributed by atoms with Crippen LogP contribution in [0, 0.1) is 0 Å². The molecule has 0 unspecified atom stereocenters. The molecule has 2 heterocycles. The number of anilines is 1. The maximum Gasteiger partial charge on any atom is 0.235 e. The van der Waals surface area contributed by atoms with Crippen LogP contribution in [-0.2, 0) is 14.9 Å². The SMILES string of the molecule is O=C(Nc1ccc2c(c1)OCCCO2)C1(c2ccccc2)CCOCC1. The summed E-state index contributed by atoms with van der Waals surface area (Å²) < 4.78 is 16.9. The van der Waals surface area contributed by atoms with E-state index >= 15 is 0 Å². The summed E-state index contributed by atoms with van der Waals surface area (Å²) in [5.41, 5.74) is 1.19. The second-order valence-electron chi connectivity index (χ2n) is 6.73. The number of carbonyl (C=O) groups is 1. The number of rotatable bonds is 3. The van der Waals surface area contributed by atoms with E-state index in [0.29, 0.717) is 45.0 Å². The second-order valence-corrected chi connectivity index (χ2v) is 6.73. The van der Waals surface area contributed by atoms with Crippen molar-refractivity contribution in [2.45, 2.75) is 24.7 Å². The van der Waals surface area contributed by atoms with Gasteiger partial charge in [-0.15, -0.1) is 0 Å². The fourth-order valence-electron chi connectivity index (χ4n) is 3.62. The van der Waals surface area contributed by atoms with Crippen molar-refractivity contribution in [2.24, 2.45) is 0 Å². The molecule has 1 amide bonds. The maximum atomic E-state index is 13.3. The average molecular weight is 353 g/mol. The molecule has 2 aliphatic heterocycles. The molecule has 0 atom stereocenters. The minimum Gasteiger partial charge on any atom is -0.490 e. The molecule has 5 nitrogen and oxygen atoms in total. The van der Waals surface area contributed by atoms with Gasteiger partial charge in [-0.1, -0.05) is 30.3 Å². The summed E-state index contributed by atoms with van der Waals surface area (Å²) in [6.45, 7) is 2.44. The first-order valence-electron chi connectivity index (χ1n) is 9.12. The van der Waals surface area contributed by atoms with E-state index in [1.807, 2.05) is 48.5 Å². The topological polar surface area (TPSA) is 56.8 Å². The molecule has 0 aromatic heterocycles. The van der Waals surface area contributed by atoms with Crippen LogP contribution in [0.2, 0.25) is 0 Å². The Hall–Kier alpha value is -2.53. The molecule has 0 spiro atoms. The third-order valence-corrected chi connectivity index (χ3v) is 5.11. The van der Waals surface area contributed by atoms with Gasteiger partial charge in [0.1, 0.15) is 0 Å². The number of nitrogens with one attached hydrogen (secondary N) is 1. The molecule has 2 aromatic rings. The Morgan fingerprint density at radius 1 is 0.885 bits per heavy atom. The van der Waals surface area contributed by atoms with Crippen molar-refractivity contribution in [3.8, 4) is 11.5 Å². The molecule has 1 fully saturated rings. The van der Waals surface area contributed by atoms with Crippen LogP contribution in [0.1, 0.15) is 24.8 Å². The number of ether oxygens (including phenoxy) is 3. The number of carbonyl (C=O) groups excluding carboxylic acids is 1. The van der Waals surface area contributed by atoms with Gasteiger partial charge >= 0.3 is 0 Å². The van der Waals surface area contributed by atoms with Gasteiger partial charge in [0.05, 0.1) is 18.6 Å². The molecule has 1 saturated heterocycles. The molecule has 136 valence electrons. The highest BCUT2D eigenvalue weighted by molar-refractivity contribution is 5.99. The summed E-state index contributed by atoms with van der Waals surface area (Å²) in [5.74, 6) is 1.41. The molecule has 4 rings (SSSR count). The smallest absolute Gasteiger partial charge is 0.235 e. The van der Waals surface area contributed by atoms with Crippen LogP contribution < -0.4 is 14.8 Å². The van der Waals surface area contributed by atoms with Crippen molar-refractivity contribution in [2.75, 3.05) is 31.7 Å². The Bertz CT molecular complexity index is 769. The van der Waals surface area contributed by atoms with Gasteiger partial charge < -0.3 is 19.5 Å². The third-order valence-electron chi connectivity index (χ3n) is 5.11.